The van der Waals surface area contributed by atoms with Crippen molar-refractivity contribution in [3.63, 3.8) is 0 Å². The molecule has 22 heavy (non-hydrogen) atoms. The first kappa shape index (κ1) is 14.2. The summed E-state index contributed by atoms with van der Waals surface area (Å²) < 4.78 is 0. The summed E-state index contributed by atoms with van der Waals surface area (Å²) in [5.74, 6) is -1.11. The molecule has 4 nitrogen and oxygen atoms in total. The summed E-state index contributed by atoms with van der Waals surface area (Å²) in [6, 6.07) is 15.6. The minimum absolute atomic E-state index is 0.256. The Hall–Kier alpha value is -2.75. The Balaban J connectivity index is 2.19. The summed E-state index contributed by atoms with van der Waals surface area (Å²) in [4.78, 5) is 38.8. The van der Waals surface area contributed by atoms with Gasteiger partial charge in [-0.05, 0) is 31.5 Å². The highest BCUT2D eigenvalue weighted by Crippen LogP contribution is 2.36. The first-order chi connectivity index (χ1) is 10.5. The Morgan fingerprint density at radius 1 is 0.864 bits per heavy atom. The van der Waals surface area contributed by atoms with Gasteiger partial charge in [0.15, 0.2) is 5.78 Å². The summed E-state index contributed by atoms with van der Waals surface area (Å²) in [5.41, 5.74) is -0.00197. The van der Waals surface area contributed by atoms with Crippen molar-refractivity contribution >= 4 is 17.6 Å². The lowest BCUT2D eigenvalue weighted by molar-refractivity contribution is -0.126. The molecule has 1 aliphatic heterocycles. The van der Waals surface area contributed by atoms with Crippen molar-refractivity contribution < 1.29 is 14.4 Å². The van der Waals surface area contributed by atoms with Crippen molar-refractivity contribution in [2.75, 3.05) is 0 Å². The van der Waals surface area contributed by atoms with Gasteiger partial charge in [-0.3, -0.25) is 19.3 Å². The molecule has 1 heterocycles. The Bertz CT molecular complexity index is 747. The predicted octanol–water partition coefficient (Wildman–Crippen LogP) is 2.79. The van der Waals surface area contributed by atoms with Gasteiger partial charge in [-0.1, -0.05) is 42.5 Å². The van der Waals surface area contributed by atoms with E-state index >= 15 is 0 Å². The molecule has 0 N–H and O–H groups in total. The lowest BCUT2D eigenvalue weighted by Crippen LogP contribution is -2.51. The number of rotatable bonds is 3. The number of ketones is 1. The van der Waals surface area contributed by atoms with Gasteiger partial charge < -0.3 is 0 Å². The highest BCUT2D eigenvalue weighted by molar-refractivity contribution is 6.23. The molecule has 3 rings (SSSR count). The topological polar surface area (TPSA) is 54.5 Å². The van der Waals surface area contributed by atoms with Crippen LogP contribution in [0.3, 0.4) is 0 Å². The Labute approximate surface area is 128 Å². The maximum Gasteiger partial charge on any atom is 0.262 e. The van der Waals surface area contributed by atoms with E-state index in [4.69, 9.17) is 0 Å². The van der Waals surface area contributed by atoms with Crippen LogP contribution in [0.5, 0.6) is 0 Å². The van der Waals surface area contributed by atoms with Crippen molar-refractivity contribution in [3.8, 4) is 0 Å². The average Bonchev–Trinajstić information content (AvgIpc) is 2.79. The van der Waals surface area contributed by atoms with Crippen molar-refractivity contribution in [1.29, 1.82) is 0 Å². The number of hydrogen-bond acceptors (Lipinski definition) is 3. The van der Waals surface area contributed by atoms with Crippen LogP contribution < -0.4 is 0 Å². The first-order valence-corrected chi connectivity index (χ1v) is 7.02. The third kappa shape index (κ3) is 1.80. The van der Waals surface area contributed by atoms with Gasteiger partial charge in [0.25, 0.3) is 11.8 Å². The minimum Gasteiger partial charge on any atom is -0.297 e. The largest absolute Gasteiger partial charge is 0.297 e. The Morgan fingerprint density at radius 3 is 1.77 bits per heavy atom. The molecule has 0 unspecified atom stereocenters. The standard InChI is InChI=1S/C18H15NO3/c1-12(20)18(2,13-8-4-3-5-9-13)19-16(21)14-10-6-7-11-15(14)17(19)22/h3-11H,1-2H3/t18-/m0/s1. The number of hydrogen-bond donors (Lipinski definition) is 0. The van der Waals surface area contributed by atoms with E-state index in [1.807, 2.05) is 6.07 Å². The molecule has 2 amide bonds. The van der Waals surface area contributed by atoms with Crippen LogP contribution in [-0.4, -0.2) is 22.5 Å². The number of fused-ring (bicyclic) bond motifs is 1. The Kier molecular flexibility index (Phi) is 3.17. The molecule has 0 fully saturated rings. The van der Waals surface area contributed by atoms with Crippen molar-refractivity contribution in [1.82, 2.24) is 4.90 Å². The zero-order valence-corrected chi connectivity index (χ0v) is 12.4. The van der Waals surface area contributed by atoms with E-state index in [0.717, 1.165) is 4.90 Å². The number of nitrogens with zero attached hydrogens (tertiary/aromatic N) is 1. The van der Waals surface area contributed by atoms with E-state index in [2.05, 4.69) is 0 Å². The predicted molar refractivity (Wildman–Crippen MR) is 81.4 cm³/mol. The molecule has 110 valence electrons. The molecule has 0 radical (unpaired) electrons. The van der Waals surface area contributed by atoms with Crippen LogP contribution in [0.15, 0.2) is 54.6 Å². The smallest absolute Gasteiger partial charge is 0.262 e. The fourth-order valence-electron chi connectivity index (χ4n) is 2.85. The number of benzene rings is 2. The normalized spacial score (nSPS) is 16.4. The fraction of sp³-hybridized carbons (Fsp3) is 0.167. The van der Waals surface area contributed by atoms with Gasteiger partial charge in [-0.2, -0.15) is 0 Å². The highest BCUT2D eigenvalue weighted by Gasteiger charge is 2.49. The van der Waals surface area contributed by atoms with Crippen molar-refractivity contribution in [3.05, 3.63) is 71.3 Å². The van der Waals surface area contributed by atoms with Gasteiger partial charge in [0.2, 0.25) is 0 Å². The minimum atomic E-state index is -1.31. The lowest BCUT2D eigenvalue weighted by Gasteiger charge is -2.35. The number of amides is 2. The molecule has 1 atom stereocenters. The molecule has 0 aromatic heterocycles. The maximum absolute atomic E-state index is 12.7. The number of Topliss-reactive ketones (excluding diaryl/α,β-unsaturated/α-hetero) is 1. The van der Waals surface area contributed by atoms with E-state index in [0.29, 0.717) is 16.7 Å². The second-order valence-corrected chi connectivity index (χ2v) is 5.49. The summed E-state index contributed by atoms with van der Waals surface area (Å²) >= 11 is 0. The second kappa shape index (κ2) is 4.91. The maximum atomic E-state index is 12.7. The van der Waals surface area contributed by atoms with Crippen molar-refractivity contribution in [2.45, 2.75) is 19.4 Å². The van der Waals surface area contributed by atoms with Gasteiger partial charge in [0.05, 0.1) is 11.1 Å². The van der Waals surface area contributed by atoms with Crippen LogP contribution >= 0.6 is 0 Å². The van der Waals surface area contributed by atoms with E-state index < -0.39 is 17.4 Å². The number of carbonyl (C=O) groups is 3. The summed E-state index contributed by atoms with van der Waals surface area (Å²) in [6.07, 6.45) is 0. The van der Waals surface area contributed by atoms with Gasteiger partial charge in [0.1, 0.15) is 5.54 Å². The van der Waals surface area contributed by atoms with Crippen LogP contribution in [0.25, 0.3) is 0 Å². The summed E-state index contributed by atoms with van der Waals surface area (Å²) in [6.45, 7) is 3.02. The van der Waals surface area contributed by atoms with Gasteiger partial charge in [-0.15, -0.1) is 0 Å². The highest BCUT2D eigenvalue weighted by atomic mass is 16.2. The molecule has 0 saturated heterocycles. The molecule has 0 spiro atoms. The Morgan fingerprint density at radius 2 is 1.32 bits per heavy atom. The van der Waals surface area contributed by atoms with Gasteiger partial charge in [-0.25, -0.2) is 0 Å². The quantitative estimate of drug-likeness (QED) is 0.818. The molecule has 1 aliphatic rings. The first-order valence-electron chi connectivity index (χ1n) is 7.02. The monoisotopic (exact) mass is 293 g/mol. The molecule has 2 aromatic rings. The summed E-state index contributed by atoms with van der Waals surface area (Å²) in [7, 11) is 0. The summed E-state index contributed by atoms with van der Waals surface area (Å²) in [5, 5.41) is 0. The van der Waals surface area contributed by atoms with E-state index in [9.17, 15) is 14.4 Å². The van der Waals surface area contributed by atoms with E-state index in [1.165, 1.54) is 6.92 Å². The molecule has 0 bridgehead atoms. The molecule has 4 heteroatoms. The van der Waals surface area contributed by atoms with Gasteiger partial charge in [0, 0.05) is 0 Å². The molecule has 2 aromatic carbocycles. The molecular weight excluding hydrogens is 278 g/mol. The van der Waals surface area contributed by atoms with E-state index in [-0.39, 0.29) is 5.78 Å². The van der Waals surface area contributed by atoms with Crippen LogP contribution in [0.1, 0.15) is 40.1 Å². The SMILES string of the molecule is CC(=O)[C@@](C)(c1ccccc1)N1C(=O)c2ccccc2C1=O. The molecule has 0 saturated carbocycles. The fourth-order valence-corrected chi connectivity index (χ4v) is 2.85. The molecular formula is C18H15NO3. The van der Waals surface area contributed by atoms with E-state index in [1.54, 1.807) is 55.5 Å². The zero-order valence-electron chi connectivity index (χ0n) is 12.4. The van der Waals surface area contributed by atoms with Gasteiger partial charge >= 0.3 is 0 Å². The average molecular weight is 293 g/mol. The third-order valence-corrected chi connectivity index (χ3v) is 4.26. The van der Waals surface area contributed by atoms with Crippen LogP contribution in [0.4, 0.5) is 0 Å². The number of imide groups is 1. The zero-order chi connectivity index (χ0) is 15.9. The van der Waals surface area contributed by atoms with Crippen LogP contribution in [-0.2, 0) is 10.3 Å². The van der Waals surface area contributed by atoms with Crippen LogP contribution in [0, 0.1) is 0 Å². The second-order valence-electron chi connectivity index (χ2n) is 5.49. The van der Waals surface area contributed by atoms with Crippen molar-refractivity contribution in [2.24, 2.45) is 0 Å². The third-order valence-electron chi connectivity index (χ3n) is 4.26. The van der Waals surface area contributed by atoms with Crippen LogP contribution in [0.2, 0.25) is 0 Å². The molecule has 0 aliphatic carbocycles. The lowest BCUT2D eigenvalue weighted by atomic mass is 9.86. The number of carbonyl (C=O) groups excluding carboxylic acids is 3.